The second kappa shape index (κ2) is 14.7. The summed E-state index contributed by atoms with van der Waals surface area (Å²) in [5, 5.41) is 4.54. The summed E-state index contributed by atoms with van der Waals surface area (Å²) in [5.41, 5.74) is -2.17. The number of carbonyl (C=O) groups is 1. The van der Waals surface area contributed by atoms with Crippen molar-refractivity contribution in [1.29, 1.82) is 0 Å². The number of alkyl halides is 3. The molecule has 0 bridgehead atoms. The van der Waals surface area contributed by atoms with Gasteiger partial charge in [-0.25, -0.2) is 8.42 Å². The maximum Gasteiger partial charge on any atom is 0.485 e. The zero-order chi connectivity index (χ0) is 33.3. The Morgan fingerprint density at radius 2 is 1.57 bits per heavy atom. The number of halogens is 3. The SMILES string of the molecule is CC(=O)N(Cc1ccccc1OC[n+]1cc(-c2ccccc2)n(C)n1)c1cnccc1Oc1ccccc1.O=S(=O)([O-])C(F)(F)F. The van der Waals surface area contributed by atoms with Crippen LogP contribution in [0.15, 0.2) is 110 Å². The molecule has 5 rings (SSSR count). The first-order chi connectivity index (χ1) is 21.8. The van der Waals surface area contributed by atoms with Gasteiger partial charge in [-0.3, -0.25) is 9.78 Å². The van der Waals surface area contributed by atoms with Gasteiger partial charge in [-0.15, -0.1) is 9.36 Å². The Kier molecular flexibility index (Phi) is 10.7. The van der Waals surface area contributed by atoms with Crippen molar-refractivity contribution in [3.8, 4) is 28.5 Å². The van der Waals surface area contributed by atoms with E-state index in [4.69, 9.17) is 22.4 Å². The molecule has 0 atom stereocenters. The lowest BCUT2D eigenvalue weighted by molar-refractivity contribution is -0.779. The summed E-state index contributed by atoms with van der Waals surface area (Å²) in [7, 11) is -4.19. The Morgan fingerprint density at radius 3 is 2.20 bits per heavy atom. The van der Waals surface area contributed by atoms with Gasteiger partial charge in [-0.1, -0.05) is 66.7 Å². The highest BCUT2D eigenvalue weighted by molar-refractivity contribution is 7.86. The fraction of sp³-hybridized carbons (Fsp3) is 0.161. The van der Waals surface area contributed by atoms with Crippen LogP contribution in [-0.2, 0) is 35.2 Å². The largest absolute Gasteiger partial charge is 0.741 e. The third-order valence-corrected chi connectivity index (χ3v) is 6.85. The third kappa shape index (κ3) is 8.89. The Balaban J connectivity index is 0.000000533. The molecule has 0 spiro atoms. The molecule has 0 unspecified atom stereocenters. The number of carbonyl (C=O) groups excluding carboxylic acids is 1. The van der Waals surface area contributed by atoms with Crippen molar-refractivity contribution < 1.29 is 45.1 Å². The van der Waals surface area contributed by atoms with E-state index in [1.807, 2.05) is 103 Å². The van der Waals surface area contributed by atoms with Crippen molar-refractivity contribution >= 4 is 21.7 Å². The molecular formula is C31H28F3N5O6S. The molecule has 11 nitrogen and oxygen atoms in total. The Bertz CT molecular complexity index is 1870. The molecule has 0 N–H and O–H groups in total. The normalized spacial score (nSPS) is 11.3. The highest BCUT2D eigenvalue weighted by Crippen LogP contribution is 2.33. The summed E-state index contributed by atoms with van der Waals surface area (Å²) >= 11 is 0. The Morgan fingerprint density at radius 1 is 0.957 bits per heavy atom. The number of hydrogen-bond acceptors (Lipinski definition) is 8. The van der Waals surface area contributed by atoms with E-state index in [0.717, 1.165) is 16.8 Å². The molecule has 46 heavy (non-hydrogen) atoms. The molecule has 0 fully saturated rings. The van der Waals surface area contributed by atoms with Crippen LogP contribution in [0, 0.1) is 0 Å². The van der Waals surface area contributed by atoms with Crippen LogP contribution in [0.5, 0.6) is 17.2 Å². The van der Waals surface area contributed by atoms with E-state index < -0.39 is 15.6 Å². The predicted octanol–water partition coefficient (Wildman–Crippen LogP) is 5.20. The van der Waals surface area contributed by atoms with Crippen LogP contribution < -0.4 is 19.1 Å². The Labute approximate surface area is 262 Å². The quantitative estimate of drug-likeness (QED) is 0.120. The van der Waals surface area contributed by atoms with E-state index in [1.54, 1.807) is 28.0 Å². The van der Waals surface area contributed by atoms with Gasteiger partial charge in [0.15, 0.2) is 27.8 Å². The zero-order valence-corrected chi connectivity index (χ0v) is 25.4. The van der Waals surface area contributed by atoms with Gasteiger partial charge in [0.2, 0.25) is 5.91 Å². The number of rotatable bonds is 9. The predicted molar refractivity (Wildman–Crippen MR) is 159 cm³/mol. The number of amides is 1. The summed E-state index contributed by atoms with van der Waals surface area (Å²) in [6.45, 7) is 2.02. The molecule has 2 heterocycles. The average molecular weight is 656 g/mol. The van der Waals surface area contributed by atoms with Crippen LogP contribution in [0.3, 0.4) is 0 Å². The minimum Gasteiger partial charge on any atom is -0.741 e. The fourth-order valence-corrected chi connectivity index (χ4v) is 4.13. The molecular weight excluding hydrogens is 627 g/mol. The first-order valence-electron chi connectivity index (χ1n) is 13.5. The summed E-state index contributed by atoms with van der Waals surface area (Å²) in [4.78, 5) is 18.7. The fourth-order valence-electron chi connectivity index (χ4n) is 4.13. The lowest BCUT2D eigenvalue weighted by Crippen LogP contribution is -2.39. The van der Waals surface area contributed by atoms with E-state index >= 15 is 0 Å². The van der Waals surface area contributed by atoms with Gasteiger partial charge in [-0.2, -0.15) is 13.2 Å². The van der Waals surface area contributed by atoms with Gasteiger partial charge in [-0.05, 0) is 18.2 Å². The summed E-state index contributed by atoms with van der Waals surface area (Å²) in [6, 6.07) is 28.9. The van der Waals surface area contributed by atoms with Crippen molar-refractivity contribution in [3.63, 3.8) is 0 Å². The van der Waals surface area contributed by atoms with E-state index in [9.17, 15) is 18.0 Å². The molecule has 0 aliphatic rings. The molecule has 3 aromatic carbocycles. The number of anilines is 1. The van der Waals surface area contributed by atoms with E-state index in [2.05, 4.69) is 10.2 Å². The molecule has 15 heteroatoms. The summed E-state index contributed by atoms with van der Waals surface area (Å²) in [6.07, 6.45) is 5.23. The summed E-state index contributed by atoms with van der Waals surface area (Å²) < 4.78 is 74.7. The van der Waals surface area contributed by atoms with Crippen LogP contribution >= 0.6 is 0 Å². The monoisotopic (exact) mass is 655 g/mol. The van der Waals surface area contributed by atoms with Crippen molar-refractivity contribution in [1.82, 2.24) is 14.9 Å². The number of para-hydroxylation sites is 2. The number of aryl methyl sites for hydroxylation is 1. The maximum absolute atomic E-state index is 12.8. The first kappa shape index (κ1) is 33.6. The van der Waals surface area contributed by atoms with Crippen LogP contribution in [-0.4, -0.2) is 39.3 Å². The van der Waals surface area contributed by atoms with Gasteiger partial charge >= 0.3 is 5.51 Å². The highest BCUT2D eigenvalue weighted by atomic mass is 32.2. The third-order valence-electron chi connectivity index (χ3n) is 6.28. The number of ether oxygens (including phenoxy) is 2. The smallest absolute Gasteiger partial charge is 0.485 e. The number of hydrogen-bond donors (Lipinski definition) is 0. The van der Waals surface area contributed by atoms with Gasteiger partial charge in [0.05, 0.1) is 18.0 Å². The molecule has 0 saturated carbocycles. The van der Waals surface area contributed by atoms with E-state index in [-0.39, 0.29) is 19.2 Å². The molecule has 0 aliphatic carbocycles. The van der Waals surface area contributed by atoms with Gasteiger partial charge in [0.25, 0.3) is 6.73 Å². The first-order valence-corrected chi connectivity index (χ1v) is 14.9. The van der Waals surface area contributed by atoms with Crippen LogP contribution in [0.1, 0.15) is 12.5 Å². The molecule has 0 radical (unpaired) electrons. The standard InChI is InChI=1S/C30H28N5O3.CHF3O3S/c1-23(36)35(27-19-31-18-17-30(27)38-26-14-7-4-8-15-26)20-25-13-9-10-16-29(25)37-22-34-21-28(33(2)32-34)24-11-5-3-6-12-24;2-1(3,4)8(5,6)7/h3-19,21H,20,22H2,1-2H3;(H,5,6,7)/q+1;/p-1. The number of pyridine rings is 1. The van der Waals surface area contributed by atoms with Crippen LogP contribution in [0.2, 0.25) is 0 Å². The lowest BCUT2D eigenvalue weighted by atomic mass is 10.1. The maximum atomic E-state index is 12.8. The molecule has 0 aliphatic heterocycles. The van der Waals surface area contributed by atoms with E-state index in [0.29, 0.717) is 22.9 Å². The van der Waals surface area contributed by atoms with Gasteiger partial charge in [0, 0.05) is 30.3 Å². The molecule has 240 valence electrons. The van der Waals surface area contributed by atoms with Crippen molar-refractivity contribution in [3.05, 3.63) is 115 Å². The lowest BCUT2D eigenvalue weighted by Gasteiger charge is -2.24. The minimum atomic E-state index is -6.09. The van der Waals surface area contributed by atoms with Gasteiger partial charge < -0.3 is 18.9 Å². The van der Waals surface area contributed by atoms with Crippen LogP contribution in [0.4, 0.5) is 18.9 Å². The summed E-state index contributed by atoms with van der Waals surface area (Å²) in [5.74, 6) is 1.73. The molecule has 2 aromatic heterocycles. The molecule has 5 aromatic rings. The second-order valence-electron chi connectivity index (χ2n) is 9.58. The number of nitrogens with zero attached hydrogens (tertiary/aromatic N) is 5. The number of aromatic nitrogens is 4. The van der Waals surface area contributed by atoms with E-state index in [1.165, 1.54) is 6.92 Å². The van der Waals surface area contributed by atoms with Crippen molar-refractivity contribution in [2.45, 2.75) is 25.7 Å². The molecule has 0 saturated heterocycles. The highest BCUT2D eigenvalue weighted by Gasteiger charge is 2.37. The topological polar surface area (TPSA) is 131 Å². The zero-order valence-electron chi connectivity index (χ0n) is 24.5. The van der Waals surface area contributed by atoms with Crippen molar-refractivity contribution in [2.24, 2.45) is 7.05 Å². The average Bonchev–Trinajstić information content (AvgIpc) is 3.40. The molecule has 1 amide bonds. The van der Waals surface area contributed by atoms with Crippen molar-refractivity contribution in [2.75, 3.05) is 4.90 Å². The van der Waals surface area contributed by atoms with Crippen LogP contribution in [0.25, 0.3) is 11.3 Å². The second-order valence-corrected chi connectivity index (χ2v) is 10.9. The Hall–Kier alpha value is -5.28. The minimum absolute atomic E-state index is 0.141. The number of benzene rings is 3. The van der Waals surface area contributed by atoms with Gasteiger partial charge in [0.1, 0.15) is 24.2 Å².